The maximum absolute atomic E-state index is 5.44. The van der Waals surface area contributed by atoms with Crippen molar-refractivity contribution in [2.75, 3.05) is 20.2 Å². The zero-order valence-corrected chi connectivity index (χ0v) is 6.92. The third-order valence-electron chi connectivity index (χ3n) is 1.42. The maximum atomic E-state index is 5.44. The number of rotatable bonds is 4. The summed E-state index contributed by atoms with van der Waals surface area (Å²) in [5.74, 6) is 0. The fourth-order valence-corrected chi connectivity index (χ4v) is 0.473. The summed E-state index contributed by atoms with van der Waals surface area (Å²) >= 11 is 0. The van der Waals surface area contributed by atoms with E-state index in [0.29, 0.717) is 6.54 Å². The molecule has 0 aliphatic heterocycles. The molecular weight excluding hydrogens is 128 g/mol. The van der Waals surface area contributed by atoms with E-state index >= 15 is 0 Å². The fourth-order valence-electron chi connectivity index (χ4n) is 0.473. The molecule has 3 heteroatoms. The fraction of sp³-hybridized carbons (Fsp3) is 0.857. The second-order valence-corrected chi connectivity index (χ2v) is 2.35. The van der Waals surface area contributed by atoms with Crippen LogP contribution in [0.4, 0.5) is 0 Å². The Kier molecular flexibility index (Phi) is 4.23. The lowest BCUT2D eigenvalue weighted by atomic mass is 10.1. The summed E-state index contributed by atoms with van der Waals surface area (Å²) in [4.78, 5) is 4.06. The number of methoxy groups -OCH3 is 1. The van der Waals surface area contributed by atoms with Gasteiger partial charge in [-0.05, 0) is 13.8 Å². The largest absolute Gasteiger partial charge is 0.372 e. The van der Waals surface area contributed by atoms with Gasteiger partial charge in [-0.1, -0.05) is 0 Å². The van der Waals surface area contributed by atoms with Gasteiger partial charge in [0.25, 0.3) is 0 Å². The van der Waals surface area contributed by atoms with Gasteiger partial charge in [-0.3, -0.25) is 4.99 Å². The first kappa shape index (κ1) is 9.59. The highest BCUT2D eigenvalue weighted by molar-refractivity contribution is 5.68. The molecule has 0 rings (SSSR count). The number of aliphatic imine (C=N–C) groups is 1. The molecule has 0 fully saturated rings. The normalized spacial score (nSPS) is 17.6. The Morgan fingerprint density at radius 2 is 2.30 bits per heavy atom. The van der Waals surface area contributed by atoms with E-state index in [1.54, 1.807) is 13.3 Å². The Bertz CT molecular complexity index is 108. The molecule has 0 aromatic carbocycles. The summed E-state index contributed by atoms with van der Waals surface area (Å²) in [7, 11) is 1.63. The SMILES string of the molecule is CC/N=C\C(C)(CN)OC. The standard InChI is InChI=1S/C7H16N2O/c1-4-9-6-7(2,5-8)10-3/h6H,4-5,8H2,1-3H3/b9-6-. The molecule has 2 N–H and O–H groups in total. The molecule has 10 heavy (non-hydrogen) atoms. The van der Waals surface area contributed by atoms with E-state index < -0.39 is 0 Å². The van der Waals surface area contributed by atoms with Crippen LogP contribution in [-0.2, 0) is 4.74 Å². The second kappa shape index (κ2) is 4.41. The van der Waals surface area contributed by atoms with Gasteiger partial charge in [0.15, 0.2) is 0 Å². The van der Waals surface area contributed by atoms with Crippen molar-refractivity contribution >= 4 is 6.21 Å². The van der Waals surface area contributed by atoms with Gasteiger partial charge in [0.05, 0.1) is 0 Å². The minimum absolute atomic E-state index is 0.379. The molecule has 60 valence electrons. The van der Waals surface area contributed by atoms with Crippen molar-refractivity contribution in [2.45, 2.75) is 19.4 Å². The predicted octanol–water partition coefficient (Wildman–Crippen LogP) is 0.441. The number of hydrogen-bond donors (Lipinski definition) is 1. The summed E-state index contributed by atoms with van der Waals surface area (Å²) < 4.78 is 5.11. The molecule has 0 aliphatic rings. The van der Waals surface area contributed by atoms with Crippen LogP contribution in [0.3, 0.4) is 0 Å². The minimum Gasteiger partial charge on any atom is -0.372 e. The molecule has 0 bridgehead atoms. The molecule has 1 atom stereocenters. The Morgan fingerprint density at radius 1 is 1.70 bits per heavy atom. The van der Waals surface area contributed by atoms with E-state index in [1.807, 2.05) is 13.8 Å². The first-order valence-corrected chi connectivity index (χ1v) is 3.44. The van der Waals surface area contributed by atoms with E-state index in [0.717, 1.165) is 6.54 Å². The van der Waals surface area contributed by atoms with Gasteiger partial charge in [0, 0.05) is 26.4 Å². The summed E-state index contributed by atoms with van der Waals surface area (Å²) in [5, 5.41) is 0. The van der Waals surface area contributed by atoms with Gasteiger partial charge in [-0.15, -0.1) is 0 Å². The number of hydrogen-bond acceptors (Lipinski definition) is 3. The van der Waals surface area contributed by atoms with E-state index in [2.05, 4.69) is 4.99 Å². The lowest BCUT2D eigenvalue weighted by Crippen LogP contribution is -2.38. The van der Waals surface area contributed by atoms with Crippen molar-refractivity contribution in [1.82, 2.24) is 0 Å². The Hall–Kier alpha value is -0.410. The molecule has 0 heterocycles. The smallest absolute Gasteiger partial charge is 0.112 e. The lowest BCUT2D eigenvalue weighted by Gasteiger charge is -2.20. The third-order valence-corrected chi connectivity index (χ3v) is 1.42. The number of nitrogens with two attached hydrogens (primary N) is 1. The van der Waals surface area contributed by atoms with Crippen molar-refractivity contribution in [1.29, 1.82) is 0 Å². The highest BCUT2D eigenvalue weighted by Gasteiger charge is 2.17. The number of nitrogens with zero attached hydrogens (tertiary/aromatic N) is 1. The zero-order chi connectivity index (χ0) is 8.04. The van der Waals surface area contributed by atoms with Gasteiger partial charge in [-0.2, -0.15) is 0 Å². The molecule has 0 radical (unpaired) electrons. The highest BCUT2D eigenvalue weighted by atomic mass is 16.5. The van der Waals surface area contributed by atoms with Crippen LogP contribution in [0.25, 0.3) is 0 Å². The van der Waals surface area contributed by atoms with Crippen LogP contribution in [-0.4, -0.2) is 32.0 Å². The lowest BCUT2D eigenvalue weighted by molar-refractivity contribution is 0.0779. The number of ether oxygens (including phenoxy) is 1. The van der Waals surface area contributed by atoms with Crippen LogP contribution in [0.2, 0.25) is 0 Å². The van der Waals surface area contributed by atoms with Crippen molar-refractivity contribution in [2.24, 2.45) is 10.7 Å². The van der Waals surface area contributed by atoms with E-state index in [4.69, 9.17) is 10.5 Å². The maximum Gasteiger partial charge on any atom is 0.112 e. The van der Waals surface area contributed by atoms with Gasteiger partial charge in [0.1, 0.15) is 5.60 Å². The van der Waals surface area contributed by atoms with Gasteiger partial charge in [0.2, 0.25) is 0 Å². The van der Waals surface area contributed by atoms with E-state index in [1.165, 1.54) is 0 Å². The van der Waals surface area contributed by atoms with Crippen molar-refractivity contribution < 1.29 is 4.74 Å². The van der Waals surface area contributed by atoms with Gasteiger partial charge >= 0.3 is 0 Å². The third kappa shape index (κ3) is 2.94. The molecule has 0 aromatic rings. The molecular formula is C7H16N2O. The topological polar surface area (TPSA) is 47.6 Å². The molecule has 0 aliphatic carbocycles. The highest BCUT2D eigenvalue weighted by Crippen LogP contribution is 2.01. The molecule has 1 unspecified atom stereocenters. The van der Waals surface area contributed by atoms with Crippen LogP contribution in [0.5, 0.6) is 0 Å². The van der Waals surface area contributed by atoms with Crippen LogP contribution in [0.1, 0.15) is 13.8 Å². The first-order valence-electron chi connectivity index (χ1n) is 3.44. The van der Waals surface area contributed by atoms with E-state index in [-0.39, 0.29) is 5.60 Å². The van der Waals surface area contributed by atoms with Crippen molar-refractivity contribution in [3.05, 3.63) is 0 Å². The summed E-state index contributed by atoms with van der Waals surface area (Å²) in [6.45, 7) is 5.13. The molecule has 0 aromatic heterocycles. The molecule has 0 spiro atoms. The molecule has 0 saturated heterocycles. The van der Waals surface area contributed by atoms with E-state index in [9.17, 15) is 0 Å². The van der Waals surface area contributed by atoms with Crippen LogP contribution in [0, 0.1) is 0 Å². The van der Waals surface area contributed by atoms with Crippen LogP contribution < -0.4 is 5.73 Å². The average Bonchev–Trinajstić information content (AvgIpc) is 2.00. The summed E-state index contributed by atoms with van der Waals surface area (Å²) in [6.07, 6.45) is 1.76. The van der Waals surface area contributed by atoms with Gasteiger partial charge < -0.3 is 10.5 Å². The molecule has 3 nitrogen and oxygen atoms in total. The van der Waals surface area contributed by atoms with Gasteiger partial charge in [-0.25, -0.2) is 0 Å². The van der Waals surface area contributed by atoms with Crippen LogP contribution in [0.15, 0.2) is 4.99 Å². The summed E-state index contributed by atoms with van der Waals surface area (Å²) in [5.41, 5.74) is 5.06. The summed E-state index contributed by atoms with van der Waals surface area (Å²) in [6, 6.07) is 0. The average molecular weight is 144 g/mol. The second-order valence-electron chi connectivity index (χ2n) is 2.35. The zero-order valence-electron chi connectivity index (χ0n) is 6.92. The Morgan fingerprint density at radius 3 is 2.60 bits per heavy atom. The minimum atomic E-state index is -0.379. The molecule has 0 saturated carbocycles. The first-order chi connectivity index (χ1) is 4.68. The quantitative estimate of drug-likeness (QED) is 0.582. The van der Waals surface area contributed by atoms with Crippen LogP contribution >= 0.6 is 0 Å². The van der Waals surface area contributed by atoms with Crippen molar-refractivity contribution in [3.63, 3.8) is 0 Å². The van der Waals surface area contributed by atoms with Crippen molar-refractivity contribution in [3.8, 4) is 0 Å². The Labute approximate surface area is 62.3 Å². The Balaban J connectivity index is 3.92. The molecule has 0 amide bonds. The predicted molar refractivity (Wildman–Crippen MR) is 43.5 cm³/mol. The monoisotopic (exact) mass is 144 g/mol.